The molecular formula is C11H8F3N3O3. The van der Waals surface area contributed by atoms with Crippen LogP contribution in [0.5, 0.6) is 5.88 Å². The number of carboxylic acids is 1. The maximum atomic E-state index is 12.6. The van der Waals surface area contributed by atoms with Gasteiger partial charge in [0, 0.05) is 12.3 Å². The van der Waals surface area contributed by atoms with E-state index in [1.54, 1.807) is 0 Å². The number of halogens is 3. The Morgan fingerprint density at radius 3 is 2.55 bits per heavy atom. The van der Waals surface area contributed by atoms with Crippen LogP contribution in [0, 0.1) is 0 Å². The highest BCUT2D eigenvalue weighted by Gasteiger charge is 2.35. The van der Waals surface area contributed by atoms with Gasteiger partial charge in [-0.25, -0.2) is 9.78 Å². The van der Waals surface area contributed by atoms with Crippen LogP contribution >= 0.6 is 0 Å². The lowest BCUT2D eigenvalue weighted by atomic mass is 10.3. The summed E-state index contributed by atoms with van der Waals surface area (Å²) in [5.74, 6) is -1.33. The molecule has 0 unspecified atom stereocenters. The number of rotatable bonds is 3. The molecular weight excluding hydrogens is 279 g/mol. The molecule has 0 aromatic carbocycles. The Morgan fingerprint density at radius 1 is 1.40 bits per heavy atom. The molecule has 2 heterocycles. The highest BCUT2D eigenvalue weighted by Crippen LogP contribution is 2.31. The molecule has 0 atom stereocenters. The zero-order valence-electron chi connectivity index (χ0n) is 10.0. The fraction of sp³-hybridized carbons (Fsp3) is 0.182. The highest BCUT2D eigenvalue weighted by molar-refractivity contribution is 5.87. The molecule has 2 aromatic rings. The van der Waals surface area contributed by atoms with Gasteiger partial charge in [-0.15, -0.1) is 0 Å². The number of hydrogen-bond acceptors (Lipinski definition) is 4. The van der Waals surface area contributed by atoms with Gasteiger partial charge in [0.2, 0.25) is 5.88 Å². The standard InChI is InChI=1S/C11H8F3N3O3/c1-20-9-4-7(11(12,13)14)16-17(9)8-3-2-6(5-15-8)10(18)19/h2-5H,1H3,(H,18,19). The van der Waals surface area contributed by atoms with Gasteiger partial charge in [-0.3, -0.25) is 0 Å². The maximum Gasteiger partial charge on any atom is 0.435 e. The molecule has 1 N–H and O–H groups in total. The summed E-state index contributed by atoms with van der Waals surface area (Å²) in [4.78, 5) is 14.4. The third-order valence-corrected chi connectivity index (χ3v) is 2.39. The number of hydrogen-bond donors (Lipinski definition) is 1. The molecule has 0 amide bonds. The molecule has 6 nitrogen and oxygen atoms in total. The number of nitrogens with zero attached hydrogens (tertiary/aromatic N) is 3. The van der Waals surface area contributed by atoms with Crippen molar-refractivity contribution in [3.63, 3.8) is 0 Å². The van der Waals surface area contributed by atoms with Gasteiger partial charge in [-0.05, 0) is 12.1 Å². The van der Waals surface area contributed by atoms with Gasteiger partial charge in [0.15, 0.2) is 11.5 Å². The fourth-order valence-electron chi connectivity index (χ4n) is 1.45. The van der Waals surface area contributed by atoms with Crippen molar-refractivity contribution >= 4 is 5.97 Å². The molecule has 0 fully saturated rings. The Hall–Kier alpha value is -2.58. The van der Waals surface area contributed by atoms with Crippen molar-refractivity contribution in [2.75, 3.05) is 7.11 Å². The van der Waals surface area contributed by atoms with Crippen LogP contribution in [0.15, 0.2) is 24.4 Å². The van der Waals surface area contributed by atoms with E-state index in [2.05, 4.69) is 10.1 Å². The lowest BCUT2D eigenvalue weighted by molar-refractivity contribution is -0.141. The first kappa shape index (κ1) is 13.8. The van der Waals surface area contributed by atoms with E-state index in [1.807, 2.05) is 0 Å². The van der Waals surface area contributed by atoms with Crippen LogP contribution in [0.4, 0.5) is 13.2 Å². The normalized spacial score (nSPS) is 11.4. The van der Waals surface area contributed by atoms with Gasteiger partial charge < -0.3 is 9.84 Å². The number of aromatic carboxylic acids is 1. The first-order chi connectivity index (χ1) is 9.32. The first-order valence-corrected chi connectivity index (χ1v) is 5.24. The first-order valence-electron chi connectivity index (χ1n) is 5.24. The predicted octanol–water partition coefficient (Wildman–Crippen LogP) is 1.99. The summed E-state index contributed by atoms with van der Waals surface area (Å²) >= 11 is 0. The summed E-state index contributed by atoms with van der Waals surface area (Å²) in [5.41, 5.74) is -1.21. The number of aromatic nitrogens is 3. The molecule has 2 rings (SSSR count). The molecule has 0 bridgehead atoms. The third kappa shape index (κ3) is 2.56. The molecule has 20 heavy (non-hydrogen) atoms. The van der Waals surface area contributed by atoms with Crippen molar-refractivity contribution < 1.29 is 27.8 Å². The van der Waals surface area contributed by atoms with E-state index in [4.69, 9.17) is 9.84 Å². The zero-order valence-corrected chi connectivity index (χ0v) is 10.0. The number of methoxy groups -OCH3 is 1. The van der Waals surface area contributed by atoms with Crippen molar-refractivity contribution in [1.82, 2.24) is 14.8 Å². The van der Waals surface area contributed by atoms with Gasteiger partial charge in [-0.1, -0.05) is 0 Å². The van der Waals surface area contributed by atoms with E-state index in [-0.39, 0.29) is 17.3 Å². The van der Waals surface area contributed by atoms with Gasteiger partial charge >= 0.3 is 12.1 Å². The molecule has 2 aromatic heterocycles. The number of carbonyl (C=O) groups is 1. The predicted molar refractivity (Wildman–Crippen MR) is 59.9 cm³/mol. The molecule has 0 radical (unpaired) electrons. The second kappa shape index (κ2) is 4.83. The second-order valence-corrected chi connectivity index (χ2v) is 3.69. The number of ether oxygens (including phenoxy) is 1. The zero-order chi connectivity index (χ0) is 14.9. The third-order valence-electron chi connectivity index (χ3n) is 2.39. The van der Waals surface area contributed by atoms with E-state index < -0.39 is 17.8 Å². The van der Waals surface area contributed by atoms with Crippen LogP contribution in [0.3, 0.4) is 0 Å². The smallest absolute Gasteiger partial charge is 0.435 e. The monoisotopic (exact) mass is 287 g/mol. The maximum absolute atomic E-state index is 12.6. The highest BCUT2D eigenvalue weighted by atomic mass is 19.4. The summed E-state index contributed by atoms with van der Waals surface area (Å²) < 4.78 is 43.4. The molecule has 0 spiro atoms. The molecule has 0 saturated heterocycles. The Balaban J connectivity index is 2.46. The average molecular weight is 287 g/mol. The Kier molecular flexibility index (Phi) is 3.35. The van der Waals surface area contributed by atoms with Crippen molar-refractivity contribution in [2.45, 2.75) is 6.18 Å². The van der Waals surface area contributed by atoms with Gasteiger partial charge in [0.25, 0.3) is 0 Å². The van der Waals surface area contributed by atoms with Crippen LogP contribution in [0.1, 0.15) is 16.1 Å². The van der Waals surface area contributed by atoms with Crippen molar-refractivity contribution in [3.8, 4) is 11.7 Å². The Morgan fingerprint density at radius 2 is 2.10 bits per heavy atom. The average Bonchev–Trinajstić information content (AvgIpc) is 2.82. The molecule has 9 heteroatoms. The van der Waals surface area contributed by atoms with Crippen LogP contribution in [-0.4, -0.2) is 33.0 Å². The molecule has 106 valence electrons. The number of pyridine rings is 1. The van der Waals surface area contributed by atoms with E-state index in [0.29, 0.717) is 0 Å². The minimum Gasteiger partial charge on any atom is -0.481 e. The molecule has 0 aliphatic carbocycles. The second-order valence-electron chi connectivity index (χ2n) is 3.69. The molecule has 0 aliphatic heterocycles. The summed E-state index contributed by atoms with van der Waals surface area (Å²) in [5, 5.41) is 12.1. The van der Waals surface area contributed by atoms with Crippen molar-refractivity contribution in [1.29, 1.82) is 0 Å². The lowest BCUT2D eigenvalue weighted by Gasteiger charge is -2.05. The van der Waals surface area contributed by atoms with Gasteiger partial charge in [0.05, 0.1) is 12.7 Å². The van der Waals surface area contributed by atoms with Gasteiger partial charge in [-0.2, -0.15) is 23.0 Å². The summed E-state index contributed by atoms with van der Waals surface area (Å²) in [7, 11) is 1.19. The lowest BCUT2D eigenvalue weighted by Crippen LogP contribution is -2.08. The Labute approximate surface area is 110 Å². The summed E-state index contributed by atoms with van der Waals surface area (Å²) in [6, 6.07) is 3.17. The minimum atomic E-state index is -4.61. The molecule has 0 aliphatic rings. The van der Waals surface area contributed by atoms with Crippen LogP contribution in [0.2, 0.25) is 0 Å². The quantitative estimate of drug-likeness (QED) is 0.934. The summed E-state index contributed by atoms with van der Waals surface area (Å²) in [6.45, 7) is 0. The van der Waals surface area contributed by atoms with E-state index in [1.165, 1.54) is 19.2 Å². The van der Waals surface area contributed by atoms with Crippen LogP contribution < -0.4 is 4.74 Å². The van der Waals surface area contributed by atoms with Gasteiger partial charge in [0.1, 0.15) is 0 Å². The topological polar surface area (TPSA) is 77.2 Å². The summed E-state index contributed by atoms with van der Waals surface area (Å²) in [6.07, 6.45) is -3.59. The molecule has 0 saturated carbocycles. The SMILES string of the molecule is COc1cc(C(F)(F)F)nn1-c1ccc(C(=O)O)cn1. The van der Waals surface area contributed by atoms with Crippen LogP contribution in [-0.2, 0) is 6.18 Å². The largest absolute Gasteiger partial charge is 0.481 e. The fourth-order valence-corrected chi connectivity index (χ4v) is 1.45. The van der Waals surface area contributed by atoms with E-state index >= 15 is 0 Å². The van der Waals surface area contributed by atoms with E-state index in [9.17, 15) is 18.0 Å². The Bertz CT molecular complexity index is 635. The number of carboxylic acid groups (broad SMARTS) is 1. The van der Waals surface area contributed by atoms with Crippen molar-refractivity contribution in [2.24, 2.45) is 0 Å². The van der Waals surface area contributed by atoms with Crippen molar-refractivity contribution in [3.05, 3.63) is 35.7 Å². The number of alkyl halides is 3. The van der Waals surface area contributed by atoms with Crippen LogP contribution in [0.25, 0.3) is 5.82 Å². The van der Waals surface area contributed by atoms with E-state index in [0.717, 1.165) is 16.9 Å². The minimum absolute atomic E-state index is 0.0161.